The number of carbonyl (C=O) groups excluding carboxylic acids is 16. The number of primary amides is 4. The van der Waals surface area contributed by atoms with Crippen LogP contribution in [0.25, 0.3) is 0 Å². The third kappa shape index (κ3) is 35.6. The monoisotopic (exact) mass is 1880 g/mol. The lowest BCUT2D eigenvalue weighted by Gasteiger charge is -2.39. The normalized spacial score (nSPS) is 15.5. The number of ketones is 6. The molecule has 4 atom stereocenters. The summed E-state index contributed by atoms with van der Waals surface area (Å²) in [4.78, 5) is 221. The number of hydrogen-bond donors (Lipinski definition) is 17. The molecule has 38 nitrogen and oxygen atoms in total. The highest BCUT2D eigenvalue weighted by Gasteiger charge is 2.55. The van der Waals surface area contributed by atoms with Crippen molar-refractivity contribution in [1.82, 2.24) is 26.2 Å². The second kappa shape index (κ2) is 58.0. The number of amides is 13. The number of carboxylic acid groups (broad SMARTS) is 2. The number of aliphatic carboxylic acids is 2. The van der Waals surface area contributed by atoms with Gasteiger partial charge in [-0.1, -0.05) is 106 Å². The lowest BCUT2D eigenvalue weighted by atomic mass is 9.61. The maximum Gasteiger partial charge on any atom is 0.319 e. The van der Waals surface area contributed by atoms with Crippen molar-refractivity contribution in [3.8, 4) is 0 Å². The van der Waals surface area contributed by atoms with Crippen LogP contribution >= 0.6 is 8.34 Å². The van der Waals surface area contributed by atoms with Crippen LogP contribution in [-0.2, 0) is 109 Å². The lowest BCUT2D eigenvalue weighted by Crippen LogP contribution is -2.47. The van der Waals surface area contributed by atoms with E-state index >= 15 is 0 Å². The number of carbonyl (C=O) groups is 18. The van der Waals surface area contributed by atoms with Crippen LogP contribution in [0.15, 0.2) is 109 Å². The van der Waals surface area contributed by atoms with E-state index in [0.717, 1.165) is 36.8 Å². The van der Waals surface area contributed by atoms with Gasteiger partial charge in [0.2, 0.25) is 24.7 Å². The first-order valence-corrected chi connectivity index (χ1v) is 46.2. The van der Waals surface area contributed by atoms with E-state index in [9.17, 15) is 106 Å². The summed E-state index contributed by atoms with van der Waals surface area (Å²) in [6.45, 7) is 6.19. The molecule has 4 aromatic carbocycles. The molecule has 4 fully saturated rings. The molecule has 21 N–H and O–H groups in total. The predicted octanol–water partition coefficient (Wildman–Crippen LogP) is 8.54. The Morgan fingerprint density at radius 1 is 0.403 bits per heavy atom. The number of nitrogens with two attached hydrogens (primary N) is 4. The topological polar surface area (TPSA) is 646 Å². The highest BCUT2D eigenvalue weighted by Crippen LogP contribution is 2.48. The van der Waals surface area contributed by atoms with E-state index in [-0.39, 0.29) is 140 Å². The highest BCUT2D eigenvalue weighted by molar-refractivity contribution is 7.60. The zero-order valence-corrected chi connectivity index (χ0v) is 77.0. The number of urea groups is 4. The van der Waals surface area contributed by atoms with Crippen molar-refractivity contribution >= 4 is 139 Å². The van der Waals surface area contributed by atoms with Gasteiger partial charge in [0, 0.05) is 124 Å². The molecule has 0 unspecified atom stereocenters. The molecular formula is C94H129BN12O26P. The number of imide groups is 1. The van der Waals surface area contributed by atoms with Gasteiger partial charge in [-0.2, -0.15) is 0 Å². The Balaban J connectivity index is 0.000000315. The van der Waals surface area contributed by atoms with E-state index in [2.05, 4.69) is 37.2 Å². The molecule has 729 valence electrons. The van der Waals surface area contributed by atoms with Gasteiger partial charge in [-0.3, -0.25) is 76.6 Å². The first-order chi connectivity index (χ1) is 63.9. The maximum absolute atomic E-state index is 13.5. The molecule has 0 bridgehead atoms. The molecule has 5 aliphatic rings. The molecule has 4 saturated carbocycles. The van der Waals surface area contributed by atoms with Crippen LogP contribution < -0.4 is 60.2 Å². The van der Waals surface area contributed by atoms with Gasteiger partial charge < -0.3 is 95.5 Å². The number of esters is 1. The summed E-state index contributed by atoms with van der Waals surface area (Å²) in [6, 6.07) is 24.4. The molecule has 134 heavy (non-hydrogen) atoms. The number of ether oxygens (including phenoxy) is 1. The fraction of sp³-hybridized carbons (Fsp3) is 0.532. The van der Waals surface area contributed by atoms with Gasteiger partial charge in [-0.25, -0.2) is 19.2 Å². The summed E-state index contributed by atoms with van der Waals surface area (Å²) in [5.41, 5.74) is 20.5. The third-order valence-corrected chi connectivity index (χ3v) is 24.9. The van der Waals surface area contributed by atoms with Crippen LogP contribution in [0.4, 0.5) is 36.2 Å². The van der Waals surface area contributed by atoms with E-state index in [0.29, 0.717) is 175 Å². The van der Waals surface area contributed by atoms with Crippen molar-refractivity contribution in [2.24, 2.45) is 68.3 Å². The Hall–Kier alpha value is -12.3. The predicted molar refractivity (Wildman–Crippen MR) is 494 cm³/mol. The Labute approximate surface area is 780 Å². The average molecular weight is 1880 g/mol. The Morgan fingerprint density at radius 2 is 0.687 bits per heavy atom. The summed E-state index contributed by atoms with van der Waals surface area (Å²) < 4.78 is 14.3. The van der Waals surface area contributed by atoms with Crippen LogP contribution in [0.5, 0.6) is 0 Å². The number of hydrogen-bond acceptors (Lipinski definition) is 24. The smallest absolute Gasteiger partial charge is 0.319 e. The van der Waals surface area contributed by atoms with E-state index in [1.807, 2.05) is 0 Å². The number of aliphatic hydroxyl groups excluding tert-OH is 4. The first kappa shape index (κ1) is 112. The Kier molecular flexibility index (Phi) is 48.5. The van der Waals surface area contributed by atoms with Gasteiger partial charge in [0.25, 0.3) is 11.8 Å². The minimum atomic E-state index is -1.38. The maximum atomic E-state index is 13.5. The zero-order valence-electron chi connectivity index (χ0n) is 76.1. The van der Waals surface area contributed by atoms with Crippen molar-refractivity contribution in [2.45, 2.75) is 233 Å². The van der Waals surface area contributed by atoms with E-state index in [1.165, 1.54) is 17.1 Å². The van der Waals surface area contributed by atoms with Crippen LogP contribution in [0, 0.1) is 45.3 Å². The van der Waals surface area contributed by atoms with Crippen molar-refractivity contribution < 1.29 is 126 Å². The number of anilines is 3. The molecule has 0 spiro atoms. The van der Waals surface area contributed by atoms with E-state index < -0.39 is 111 Å². The highest BCUT2D eigenvalue weighted by atomic mass is 31.1. The quantitative estimate of drug-likeness (QED) is 0.00491. The van der Waals surface area contributed by atoms with Crippen molar-refractivity contribution in [1.29, 1.82) is 0 Å². The van der Waals surface area contributed by atoms with E-state index in [1.54, 1.807) is 118 Å². The first-order valence-electron chi connectivity index (χ1n) is 45.3. The summed E-state index contributed by atoms with van der Waals surface area (Å²) in [6.07, 6.45) is 14.3. The number of rotatable bonds is 54. The second-order valence-electron chi connectivity index (χ2n) is 33.9. The molecule has 40 heteroatoms. The van der Waals surface area contributed by atoms with Gasteiger partial charge in [0.1, 0.15) is 33.6 Å². The van der Waals surface area contributed by atoms with Gasteiger partial charge >= 0.3 is 42.0 Å². The molecule has 0 aromatic heterocycles. The molecule has 1 radical (unpaired) electrons. The van der Waals surface area contributed by atoms with Crippen molar-refractivity contribution in [3.05, 3.63) is 137 Å². The van der Waals surface area contributed by atoms with Gasteiger partial charge in [0.15, 0.2) is 17.3 Å². The summed E-state index contributed by atoms with van der Waals surface area (Å²) in [7, 11) is 0.123. The SMILES string of the molecule is CCOC(=O)C1(C(=O)C[C@@H](CCCNC(N)=O)C(=O)Cc2ccc(CO)cc2)CCC1.C[B]P=O.NC(=O)NCCC[C@H](CC(=O)C1(C(=O)CCCCCCN2C(=O)C=CC2=O)CCC1)C(=O)Nc1ccc(CO)cc1.NC(=O)NCCC[C@H](CC(=O)C1(C(=O)O)CCC1)C(=O)Nc1ccc(CO)cc1.NC(=O)NCCC[C@H](CC(=O)C1(C(=O)O)CCC1)C(=O)Nc1ccc(CO)cc1. The largest absolute Gasteiger partial charge is 0.480 e. The van der Waals surface area contributed by atoms with Crippen LogP contribution in [0.3, 0.4) is 0 Å². The fourth-order valence-corrected chi connectivity index (χ4v) is 15.9. The Bertz CT molecular complexity index is 4550. The molecule has 13 amide bonds. The molecule has 4 aromatic rings. The number of carboxylic acids is 2. The molecule has 9 rings (SSSR count). The zero-order chi connectivity index (χ0) is 99.0. The lowest BCUT2D eigenvalue weighted by molar-refractivity contribution is -0.167. The number of nitrogens with one attached hydrogen (secondary N) is 7. The van der Waals surface area contributed by atoms with Crippen molar-refractivity contribution in [3.63, 3.8) is 0 Å². The van der Waals surface area contributed by atoms with Crippen molar-refractivity contribution in [2.75, 3.05) is 55.3 Å². The number of nitrogens with zero attached hydrogens (tertiary/aromatic N) is 1. The molecule has 1 heterocycles. The molecule has 4 aliphatic carbocycles. The number of aliphatic hydroxyl groups is 4. The summed E-state index contributed by atoms with van der Waals surface area (Å²) in [5.74, 6) is -8.72. The number of unbranched alkanes of at least 4 members (excludes halogenated alkanes) is 3. The fourth-order valence-electron chi connectivity index (χ4n) is 15.9. The standard InChI is InChI=1S/C30H40N4O7.C23H32N2O6.2C20H27N3O6.CH3BOP/c31-29(41)32-17-5-7-22(28(40)33-23-11-9-21(20-35)10-12-23)19-25(37)30(15-6-16-30)24(36)8-3-1-2-4-18-34-26(38)13-14-27(34)39;1-2-31-21(29)23(10-4-11-23)20(28)14-18(5-3-12-25-22(24)30)19(27)13-16-6-8-17(15-26)9-7-16;2*21-19(29)22-10-1-3-14(11-16(25)20(18(27)28)8-2-9-20)17(26)23-15-6-4-13(12-24)5-7-15;1-2-4-3/h9-14,22,35H,1-8,15-20H2,(H,33,40)(H3,31,32,41);6-9,18,26H,2-5,10-15H2,1H3,(H3,24,25,30);2*4-7,14,24H,1-3,8-12H2,(H,23,26)(H,27,28)(H3,21,22,29);1H3/t22-;18-;2*14-;/m1111./s1. The van der Waals surface area contributed by atoms with Gasteiger partial charge in [0.05, 0.1) is 46.8 Å². The summed E-state index contributed by atoms with van der Waals surface area (Å²) in [5, 5.41) is 73.6. The minimum absolute atomic E-state index is 0.0249. The molecule has 0 saturated heterocycles. The number of benzene rings is 4. The summed E-state index contributed by atoms with van der Waals surface area (Å²) >= 11 is 0. The minimum Gasteiger partial charge on any atom is -0.480 e. The second-order valence-corrected chi connectivity index (χ2v) is 34.6. The van der Waals surface area contributed by atoms with Crippen LogP contribution in [-0.4, -0.2) is 188 Å². The average Bonchev–Trinajstić information content (AvgIpc) is 0.846. The van der Waals surface area contributed by atoms with Crippen LogP contribution in [0.1, 0.15) is 221 Å². The van der Waals surface area contributed by atoms with Gasteiger partial charge in [-0.05, 0) is 187 Å². The molecular weight excluding hydrogens is 1750 g/mol. The van der Waals surface area contributed by atoms with Gasteiger partial charge in [-0.15, -0.1) is 0 Å². The van der Waals surface area contributed by atoms with Crippen LogP contribution in [0.2, 0.25) is 6.82 Å². The molecule has 1 aliphatic heterocycles. The Morgan fingerprint density at radius 3 is 0.970 bits per heavy atom. The van der Waals surface area contributed by atoms with E-state index in [4.69, 9.17) is 43.0 Å². The third-order valence-electron chi connectivity index (χ3n) is 24.7. The number of Topliss-reactive ketones (excluding diaryl/α,β-unsaturated/α-hetero) is 6.